The summed E-state index contributed by atoms with van der Waals surface area (Å²) in [5.74, 6) is -3.19. The van der Waals surface area contributed by atoms with E-state index < -0.39 is 27.9 Å². The molecule has 1 aromatic rings. The third-order valence-corrected chi connectivity index (χ3v) is 7.51. The SMILES string of the molecule is Cc1ccc(S(=O)(=O)N2COC[C@H]2C(=O)N(C)C2CCC(F)(F)CC2)c(Cl)n1. The van der Waals surface area contributed by atoms with Crippen molar-refractivity contribution in [1.82, 2.24) is 14.2 Å². The molecule has 11 heteroatoms. The van der Waals surface area contributed by atoms with E-state index >= 15 is 0 Å². The molecule has 0 N–H and O–H groups in total. The maximum absolute atomic E-state index is 13.4. The first-order chi connectivity index (χ1) is 13.0. The fraction of sp³-hybridized carbons (Fsp3) is 0.647. The summed E-state index contributed by atoms with van der Waals surface area (Å²) in [6.45, 7) is 1.28. The van der Waals surface area contributed by atoms with E-state index in [1.54, 1.807) is 6.92 Å². The third-order valence-electron chi connectivity index (χ3n) is 5.25. The van der Waals surface area contributed by atoms with E-state index in [0.717, 1.165) is 4.31 Å². The molecule has 2 aliphatic rings. The van der Waals surface area contributed by atoms with Gasteiger partial charge in [-0.15, -0.1) is 0 Å². The molecule has 2 heterocycles. The number of aromatic nitrogens is 1. The number of nitrogens with zero attached hydrogens (tertiary/aromatic N) is 3. The number of amides is 1. The summed E-state index contributed by atoms with van der Waals surface area (Å²) >= 11 is 6.01. The summed E-state index contributed by atoms with van der Waals surface area (Å²) < 4.78 is 59.0. The highest BCUT2D eigenvalue weighted by molar-refractivity contribution is 7.89. The molecule has 3 rings (SSSR count). The largest absolute Gasteiger partial charge is 0.363 e. The molecule has 1 atom stereocenters. The first-order valence-corrected chi connectivity index (χ1v) is 10.7. The quantitative estimate of drug-likeness (QED) is 0.676. The van der Waals surface area contributed by atoms with Crippen molar-refractivity contribution < 1.29 is 26.7 Å². The predicted octanol–water partition coefficient (Wildman–Crippen LogP) is 2.43. The number of ether oxygens (including phenoxy) is 1. The molecule has 1 aliphatic heterocycles. The smallest absolute Gasteiger partial charge is 0.248 e. The van der Waals surface area contributed by atoms with Gasteiger partial charge in [-0.25, -0.2) is 22.2 Å². The first kappa shape index (κ1) is 21.4. The van der Waals surface area contributed by atoms with Crippen molar-refractivity contribution in [2.24, 2.45) is 0 Å². The fourth-order valence-electron chi connectivity index (χ4n) is 3.52. The monoisotopic (exact) mass is 437 g/mol. The number of sulfonamides is 1. The highest BCUT2D eigenvalue weighted by Gasteiger charge is 2.45. The van der Waals surface area contributed by atoms with Crippen LogP contribution in [0.2, 0.25) is 5.15 Å². The van der Waals surface area contributed by atoms with Gasteiger partial charge in [-0.05, 0) is 31.9 Å². The van der Waals surface area contributed by atoms with Crippen LogP contribution < -0.4 is 0 Å². The van der Waals surface area contributed by atoms with Crippen LogP contribution in [-0.2, 0) is 19.6 Å². The van der Waals surface area contributed by atoms with Crippen LogP contribution in [0.25, 0.3) is 0 Å². The van der Waals surface area contributed by atoms with Crippen molar-refractivity contribution >= 4 is 27.5 Å². The maximum atomic E-state index is 13.4. The number of alkyl halides is 2. The molecule has 0 aromatic carbocycles. The van der Waals surface area contributed by atoms with Crippen LogP contribution in [0.15, 0.2) is 17.0 Å². The average Bonchev–Trinajstić information content (AvgIpc) is 3.10. The zero-order valence-electron chi connectivity index (χ0n) is 15.6. The molecule has 0 bridgehead atoms. The molecule has 1 saturated carbocycles. The average molecular weight is 438 g/mol. The molecule has 1 aromatic heterocycles. The molecule has 1 aliphatic carbocycles. The van der Waals surface area contributed by atoms with Gasteiger partial charge in [0.1, 0.15) is 22.8 Å². The number of rotatable bonds is 4. The van der Waals surface area contributed by atoms with Gasteiger partial charge in [0.15, 0.2) is 0 Å². The van der Waals surface area contributed by atoms with Crippen LogP contribution in [0.4, 0.5) is 8.78 Å². The maximum Gasteiger partial charge on any atom is 0.248 e. The Balaban J connectivity index is 1.79. The van der Waals surface area contributed by atoms with Crippen molar-refractivity contribution in [3.63, 3.8) is 0 Å². The normalized spacial score (nSPS) is 23.7. The Labute approximate surface area is 167 Å². The molecular formula is C17H22ClF2N3O4S. The number of carbonyl (C=O) groups is 1. The standard InChI is InChI=1S/C17H22ClF2N3O4S/c1-11-3-4-14(15(18)21-11)28(25,26)23-10-27-9-13(23)16(24)22(2)12-5-7-17(19,20)8-6-12/h3-4,12-13H,5-10H2,1-2H3/t13-/m0/s1. The lowest BCUT2D eigenvalue weighted by Crippen LogP contribution is -2.51. The number of carbonyl (C=O) groups excluding carboxylic acids is 1. The lowest BCUT2D eigenvalue weighted by molar-refractivity contribution is -0.138. The molecule has 28 heavy (non-hydrogen) atoms. The van der Waals surface area contributed by atoms with Gasteiger partial charge in [0.25, 0.3) is 0 Å². The highest BCUT2D eigenvalue weighted by Crippen LogP contribution is 2.35. The van der Waals surface area contributed by atoms with Gasteiger partial charge in [-0.3, -0.25) is 4.79 Å². The minimum Gasteiger partial charge on any atom is -0.363 e. The summed E-state index contributed by atoms with van der Waals surface area (Å²) in [6, 6.07) is 1.42. The summed E-state index contributed by atoms with van der Waals surface area (Å²) in [5, 5.41) is -0.180. The molecule has 1 saturated heterocycles. The van der Waals surface area contributed by atoms with Gasteiger partial charge in [0, 0.05) is 31.6 Å². The Kier molecular flexibility index (Phi) is 5.96. The Morgan fingerprint density at radius 2 is 2.00 bits per heavy atom. The summed E-state index contributed by atoms with van der Waals surface area (Å²) in [6.07, 6.45) is -0.237. The number of likely N-dealkylation sites (N-methyl/N-ethyl adjacent to an activating group) is 1. The van der Waals surface area contributed by atoms with Crippen LogP contribution in [-0.4, -0.2) is 66.9 Å². The third kappa shape index (κ3) is 4.14. The Morgan fingerprint density at radius 1 is 1.36 bits per heavy atom. The number of hydrogen-bond donors (Lipinski definition) is 0. The van der Waals surface area contributed by atoms with E-state index in [-0.39, 0.29) is 55.1 Å². The van der Waals surface area contributed by atoms with Crippen LogP contribution in [0.3, 0.4) is 0 Å². The van der Waals surface area contributed by atoms with Crippen molar-refractivity contribution in [2.45, 2.75) is 55.5 Å². The zero-order chi connectivity index (χ0) is 20.7. The second-order valence-corrected chi connectivity index (χ2v) is 9.40. The minimum atomic E-state index is -4.12. The van der Waals surface area contributed by atoms with E-state index in [9.17, 15) is 22.0 Å². The van der Waals surface area contributed by atoms with Crippen LogP contribution in [0.5, 0.6) is 0 Å². The van der Waals surface area contributed by atoms with Crippen molar-refractivity contribution in [3.8, 4) is 0 Å². The van der Waals surface area contributed by atoms with Crippen molar-refractivity contribution in [2.75, 3.05) is 20.4 Å². The molecule has 2 fully saturated rings. The second-order valence-electron chi connectivity index (χ2n) is 7.19. The molecule has 0 radical (unpaired) electrons. The first-order valence-electron chi connectivity index (χ1n) is 8.90. The molecule has 0 unspecified atom stereocenters. The Bertz CT molecular complexity index is 858. The zero-order valence-corrected chi connectivity index (χ0v) is 17.1. The Hall–Kier alpha value is -1.36. The van der Waals surface area contributed by atoms with Gasteiger partial charge < -0.3 is 9.64 Å². The van der Waals surface area contributed by atoms with Gasteiger partial charge in [0.2, 0.25) is 21.9 Å². The van der Waals surface area contributed by atoms with Gasteiger partial charge in [0.05, 0.1) is 6.61 Å². The van der Waals surface area contributed by atoms with Gasteiger partial charge in [-0.1, -0.05) is 11.6 Å². The minimum absolute atomic E-state index is 0.109. The number of halogens is 3. The Morgan fingerprint density at radius 3 is 2.61 bits per heavy atom. The fourth-order valence-corrected chi connectivity index (χ4v) is 5.46. The number of aryl methyl sites for hydroxylation is 1. The molecular weight excluding hydrogens is 416 g/mol. The van der Waals surface area contributed by atoms with Crippen LogP contribution in [0.1, 0.15) is 31.4 Å². The van der Waals surface area contributed by atoms with E-state index in [0.29, 0.717) is 5.69 Å². The van der Waals surface area contributed by atoms with Crippen molar-refractivity contribution in [1.29, 1.82) is 0 Å². The van der Waals surface area contributed by atoms with E-state index in [4.69, 9.17) is 16.3 Å². The molecule has 1 amide bonds. The van der Waals surface area contributed by atoms with Gasteiger partial charge >= 0.3 is 0 Å². The number of hydrogen-bond acceptors (Lipinski definition) is 5. The van der Waals surface area contributed by atoms with Crippen LogP contribution >= 0.6 is 11.6 Å². The van der Waals surface area contributed by atoms with Crippen molar-refractivity contribution in [3.05, 3.63) is 23.0 Å². The summed E-state index contributed by atoms with van der Waals surface area (Å²) in [7, 11) is -2.60. The molecule has 7 nitrogen and oxygen atoms in total. The number of pyridine rings is 1. The summed E-state index contributed by atoms with van der Waals surface area (Å²) in [5.41, 5.74) is 0.558. The molecule has 156 valence electrons. The van der Waals surface area contributed by atoms with Crippen LogP contribution in [0, 0.1) is 6.92 Å². The van der Waals surface area contributed by atoms with E-state index in [1.807, 2.05) is 0 Å². The topological polar surface area (TPSA) is 79.8 Å². The predicted molar refractivity (Wildman–Crippen MR) is 97.6 cm³/mol. The second kappa shape index (κ2) is 7.81. The lowest BCUT2D eigenvalue weighted by Gasteiger charge is -2.36. The highest BCUT2D eigenvalue weighted by atomic mass is 35.5. The molecule has 0 spiro atoms. The summed E-state index contributed by atoms with van der Waals surface area (Å²) in [4.78, 5) is 18.1. The lowest BCUT2D eigenvalue weighted by atomic mass is 9.91. The van der Waals surface area contributed by atoms with Gasteiger partial charge in [-0.2, -0.15) is 4.31 Å². The van der Waals surface area contributed by atoms with E-state index in [2.05, 4.69) is 4.98 Å². The van der Waals surface area contributed by atoms with E-state index in [1.165, 1.54) is 24.1 Å².